The highest BCUT2D eigenvalue weighted by atomic mass is 16.3. The Morgan fingerprint density at radius 1 is 1.50 bits per heavy atom. The predicted molar refractivity (Wildman–Crippen MR) is 38.9 cm³/mol. The number of rotatable bonds is 0. The maximum absolute atomic E-state index is 9.29. The third kappa shape index (κ3) is 1.05. The van der Waals surface area contributed by atoms with E-state index in [-0.39, 0.29) is 6.10 Å². The summed E-state index contributed by atoms with van der Waals surface area (Å²) in [5, 5.41) is 12.6. The van der Waals surface area contributed by atoms with Gasteiger partial charge in [-0.25, -0.2) is 0 Å². The van der Waals surface area contributed by atoms with E-state index in [4.69, 9.17) is 0 Å². The Bertz CT molecular complexity index is 115. The van der Waals surface area contributed by atoms with Gasteiger partial charge in [-0.1, -0.05) is 0 Å². The molecule has 10 heavy (non-hydrogen) atoms. The first-order valence-electron chi connectivity index (χ1n) is 3.99. The summed E-state index contributed by atoms with van der Waals surface area (Å²) in [7, 11) is 0. The van der Waals surface area contributed by atoms with E-state index < -0.39 is 0 Å². The van der Waals surface area contributed by atoms with Crippen molar-refractivity contribution < 1.29 is 5.11 Å². The van der Waals surface area contributed by atoms with E-state index in [2.05, 4.69) is 10.2 Å². The molecular weight excluding hydrogens is 128 g/mol. The van der Waals surface area contributed by atoms with Crippen molar-refractivity contribution in [2.75, 3.05) is 26.2 Å². The van der Waals surface area contributed by atoms with Crippen molar-refractivity contribution in [3.8, 4) is 0 Å². The minimum Gasteiger partial charge on any atom is -0.392 e. The number of nitrogens with one attached hydrogen (secondary N) is 1. The van der Waals surface area contributed by atoms with E-state index in [1.807, 2.05) is 0 Å². The van der Waals surface area contributed by atoms with Crippen LogP contribution in [0, 0.1) is 0 Å². The molecule has 0 aliphatic carbocycles. The van der Waals surface area contributed by atoms with Gasteiger partial charge in [-0.05, 0) is 6.42 Å². The van der Waals surface area contributed by atoms with Gasteiger partial charge in [-0.2, -0.15) is 0 Å². The number of nitrogens with zero attached hydrogens (tertiary/aromatic N) is 1. The number of piperazine rings is 1. The van der Waals surface area contributed by atoms with Gasteiger partial charge in [-0.3, -0.25) is 4.90 Å². The molecule has 3 heteroatoms. The summed E-state index contributed by atoms with van der Waals surface area (Å²) < 4.78 is 0. The van der Waals surface area contributed by atoms with Gasteiger partial charge in [0.15, 0.2) is 0 Å². The fraction of sp³-hybridized carbons (Fsp3) is 1.00. The van der Waals surface area contributed by atoms with Crippen LogP contribution in [0.3, 0.4) is 0 Å². The number of hydrogen-bond acceptors (Lipinski definition) is 3. The minimum atomic E-state index is -0.0649. The first-order valence-corrected chi connectivity index (χ1v) is 3.99. The van der Waals surface area contributed by atoms with Crippen molar-refractivity contribution in [1.82, 2.24) is 10.2 Å². The molecule has 2 atom stereocenters. The van der Waals surface area contributed by atoms with E-state index >= 15 is 0 Å². The van der Waals surface area contributed by atoms with Crippen molar-refractivity contribution in [1.29, 1.82) is 0 Å². The summed E-state index contributed by atoms with van der Waals surface area (Å²) in [6.07, 6.45) is 0.900. The fourth-order valence-corrected chi connectivity index (χ4v) is 1.94. The quantitative estimate of drug-likeness (QED) is 0.456. The summed E-state index contributed by atoms with van der Waals surface area (Å²) in [6, 6.07) is 0.615. The van der Waals surface area contributed by atoms with Gasteiger partial charge in [-0.15, -0.1) is 0 Å². The molecule has 3 nitrogen and oxygen atoms in total. The van der Waals surface area contributed by atoms with Crippen LogP contribution in [0.25, 0.3) is 0 Å². The van der Waals surface area contributed by atoms with E-state index in [0.29, 0.717) is 6.04 Å². The third-order valence-corrected chi connectivity index (χ3v) is 2.46. The van der Waals surface area contributed by atoms with E-state index in [0.717, 1.165) is 32.6 Å². The van der Waals surface area contributed by atoms with Crippen LogP contribution in [-0.4, -0.2) is 48.3 Å². The molecule has 2 N–H and O–H groups in total. The molecule has 1 unspecified atom stereocenters. The van der Waals surface area contributed by atoms with Gasteiger partial charge in [0, 0.05) is 32.2 Å². The Balaban J connectivity index is 1.97. The predicted octanol–water partition coefficient (Wildman–Crippen LogP) is -0.975. The number of aliphatic hydroxyl groups excluding tert-OH is 1. The minimum absolute atomic E-state index is 0.0649. The first kappa shape index (κ1) is 6.58. The van der Waals surface area contributed by atoms with Crippen molar-refractivity contribution in [2.45, 2.75) is 18.6 Å². The van der Waals surface area contributed by atoms with Gasteiger partial charge in [0.1, 0.15) is 0 Å². The van der Waals surface area contributed by atoms with E-state index in [9.17, 15) is 5.11 Å². The lowest BCUT2D eigenvalue weighted by Crippen LogP contribution is -2.47. The Kier molecular flexibility index (Phi) is 1.64. The standard InChI is InChI=1S/C7H14N2O/c10-7-3-6-4-8-1-2-9(6)5-7/h6-8,10H,1-5H2/t6?,7-/m0/s1. The highest BCUT2D eigenvalue weighted by Gasteiger charge is 2.31. The number of fused-ring (bicyclic) bond motifs is 1. The average Bonchev–Trinajstić information content (AvgIpc) is 2.27. The first-order chi connectivity index (χ1) is 4.86. The zero-order chi connectivity index (χ0) is 6.97. The Morgan fingerprint density at radius 3 is 3.20 bits per heavy atom. The molecule has 0 amide bonds. The Morgan fingerprint density at radius 2 is 2.40 bits per heavy atom. The van der Waals surface area contributed by atoms with Crippen LogP contribution in [0.2, 0.25) is 0 Å². The molecule has 0 bridgehead atoms. The molecule has 2 aliphatic rings. The Labute approximate surface area is 61.0 Å². The van der Waals surface area contributed by atoms with Crippen molar-refractivity contribution in [3.63, 3.8) is 0 Å². The molecular formula is C7H14N2O. The van der Waals surface area contributed by atoms with Crippen LogP contribution < -0.4 is 5.32 Å². The molecule has 0 aromatic rings. The van der Waals surface area contributed by atoms with Gasteiger partial charge >= 0.3 is 0 Å². The van der Waals surface area contributed by atoms with Crippen molar-refractivity contribution >= 4 is 0 Å². The van der Waals surface area contributed by atoms with Gasteiger partial charge < -0.3 is 10.4 Å². The molecule has 0 aromatic carbocycles. The van der Waals surface area contributed by atoms with Crippen molar-refractivity contribution in [3.05, 3.63) is 0 Å². The molecule has 2 fully saturated rings. The molecule has 2 aliphatic heterocycles. The van der Waals surface area contributed by atoms with Gasteiger partial charge in [0.25, 0.3) is 0 Å². The molecule has 0 radical (unpaired) electrons. The topological polar surface area (TPSA) is 35.5 Å². The zero-order valence-electron chi connectivity index (χ0n) is 6.08. The highest BCUT2D eigenvalue weighted by Crippen LogP contribution is 2.18. The van der Waals surface area contributed by atoms with E-state index in [1.54, 1.807) is 0 Å². The zero-order valence-corrected chi connectivity index (χ0v) is 6.08. The monoisotopic (exact) mass is 142 g/mol. The second kappa shape index (κ2) is 2.49. The van der Waals surface area contributed by atoms with E-state index in [1.165, 1.54) is 0 Å². The summed E-state index contributed by atoms with van der Waals surface area (Å²) >= 11 is 0. The molecule has 2 rings (SSSR count). The summed E-state index contributed by atoms with van der Waals surface area (Å²) in [5.74, 6) is 0. The molecule has 0 aromatic heterocycles. The summed E-state index contributed by atoms with van der Waals surface area (Å²) in [5.41, 5.74) is 0. The van der Waals surface area contributed by atoms with Crippen LogP contribution in [-0.2, 0) is 0 Å². The average molecular weight is 142 g/mol. The molecule has 2 heterocycles. The Hall–Kier alpha value is -0.120. The van der Waals surface area contributed by atoms with Gasteiger partial charge in [0.05, 0.1) is 6.10 Å². The maximum Gasteiger partial charge on any atom is 0.0682 e. The largest absolute Gasteiger partial charge is 0.392 e. The van der Waals surface area contributed by atoms with Gasteiger partial charge in [0.2, 0.25) is 0 Å². The lowest BCUT2D eigenvalue weighted by molar-refractivity contribution is 0.170. The fourth-order valence-electron chi connectivity index (χ4n) is 1.94. The number of aliphatic hydroxyl groups is 1. The lowest BCUT2D eigenvalue weighted by Gasteiger charge is -2.29. The molecule has 2 saturated heterocycles. The highest BCUT2D eigenvalue weighted by molar-refractivity contribution is 4.89. The van der Waals surface area contributed by atoms with Crippen LogP contribution in [0.1, 0.15) is 6.42 Å². The summed E-state index contributed by atoms with van der Waals surface area (Å²) in [4.78, 5) is 2.38. The normalized spacial score (nSPS) is 41.7. The maximum atomic E-state index is 9.29. The smallest absolute Gasteiger partial charge is 0.0682 e. The van der Waals surface area contributed by atoms with Crippen molar-refractivity contribution in [2.24, 2.45) is 0 Å². The SMILES string of the molecule is O[C@H]1CC2CNCCN2C1. The van der Waals surface area contributed by atoms with Crippen LogP contribution in [0.4, 0.5) is 0 Å². The molecule has 58 valence electrons. The molecule has 0 spiro atoms. The lowest BCUT2D eigenvalue weighted by atomic mass is 10.2. The molecule has 0 saturated carbocycles. The van der Waals surface area contributed by atoms with Crippen LogP contribution in [0.15, 0.2) is 0 Å². The number of hydrogen-bond donors (Lipinski definition) is 2. The third-order valence-electron chi connectivity index (χ3n) is 2.46. The summed E-state index contributed by atoms with van der Waals surface area (Å²) in [6.45, 7) is 4.16. The van der Waals surface area contributed by atoms with Crippen LogP contribution >= 0.6 is 0 Å². The second-order valence-corrected chi connectivity index (χ2v) is 3.24. The van der Waals surface area contributed by atoms with Crippen LogP contribution in [0.5, 0.6) is 0 Å². The second-order valence-electron chi connectivity index (χ2n) is 3.24.